The Kier molecular flexibility index (Phi) is 4.31. The summed E-state index contributed by atoms with van der Waals surface area (Å²) in [5.74, 6) is 0.977. The largest absolute Gasteiger partial charge is 0.243 e. The summed E-state index contributed by atoms with van der Waals surface area (Å²) in [7, 11) is -3.31. The van der Waals surface area contributed by atoms with Gasteiger partial charge >= 0.3 is 0 Å². The monoisotopic (exact) mass is 281 g/mol. The topological polar surface area (TPSA) is 37.4 Å². The SMILES string of the molecule is CC1CCN(S(=O)(=O)c2cccc(C(C)C)c2)CC1. The molecule has 0 radical (unpaired) electrons. The molecule has 1 fully saturated rings. The van der Waals surface area contributed by atoms with Crippen LogP contribution in [0.15, 0.2) is 29.2 Å². The van der Waals surface area contributed by atoms with Crippen LogP contribution in [0, 0.1) is 5.92 Å². The summed E-state index contributed by atoms with van der Waals surface area (Å²) in [6, 6.07) is 7.36. The molecular formula is C15H23NO2S. The predicted molar refractivity (Wildman–Crippen MR) is 77.7 cm³/mol. The van der Waals surface area contributed by atoms with E-state index < -0.39 is 10.0 Å². The molecule has 0 aromatic heterocycles. The van der Waals surface area contributed by atoms with Gasteiger partial charge in [-0.3, -0.25) is 0 Å². The Morgan fingerprint density at radius 1 is 1.21 bits per heavy atom. The van der Waals surface area contributed by atoms with Crippen molar-refractivity contribution < 1.29 is 8.42 Å². The Bertz CT molecular complexity index is 529. The van der Waals surface area contributed by atoms with Gasteiger partial charge in [0.25, 0.3) is 0 Å². The minimum atomic E-state index is -3.31. The van der Waals surface area contributed by atoms with Crippen molar-refractivity contribution in [3.8, 4) is 0 Å². The van der Waals surface area contributed by atoms with Crippen molar-refractivity contribution in [1.29, 1.82) is 0 Å². The van der Waals surface area contributed by atoms with Crippen LogP contribution in [0.4, 0.5) is 0 Å². The van der Waals surface area contributed by atoms with Gasteiger partial charge in [-0.15, -0.1) is 0 Å². The Morgan fingerprint density at radius 3 is 2.42 bits per heavy atom. The van der Waals surface area contributed by atoms with Crippen LogP contribution in [0.1, 0.15) is 45.1 Å². The maximum Gasteiger partial charge on any atom is 0.243 e. The molecule has 0 unspecified atom stereocenters. The third kappa shape index (κ3) is 3.18. The Labute approximate surface area is 116 Å². The van der Waals surface area contributed by atoms with Gasteiger partial charge in [0.15, 0.2) is 0 Å². The molecule has 0 bridgehead atoms. The van der Waals surface area contributed by atoms with E-state index in [2.05, 4.69) is 20.8 Å². The molecule has 0 amide bonds. The Hall–Kier alpha value is -0.870. The molecule has 0 saturated carbocycles. The van der Waals surface area contributed by atoms with Crippen molar-refractivity contribution in [2.45, 2.75) is 44.4 Å². The lowest BCUT2D eigenvalue weighted by Gasteiger charge is -2.29. The standard InChI is InChI=1S/C15H23NO2S/c1-12(2)14-5-4-6-15(11-14)19(17,18)16-9-7-13(3)8-10-16/h4-6,11-13H,7-10H2,1-3H3. The average molecular weight is 281 g/mol. The lowest BCUT2D eigenvalue weighted by Crippen LogP contribution is -2.37. The molecule has 1 saturated heterocycles. The summed E-state index contributed by atoms with van der Waals surface area (Å²) >= 11 is 0. The third-order valence-electron chi connectivity index (χ3n) is 3.91. The van der Waals surface area contributed by atoms with E-state index in [1.54, 1.807) is 10.4 Å². The fraction of sp³-hybridized carbons (Fsp3) is 0.600. The van der Waals surface area contributed by atoms with Crippen LogP contribution in [-0.4, -0.2) is 25.8 Å². The van der Waals surface area contributed by atoms with Gasteiger partial charge in [-0.05, 0) is 42.4 Å². The quantitative estimate of drug-likeness (QED) is 0.853. The molecule has 1 aliphatic rings. The van der Waals surface area contributed by atoms with Crippen molar-refractivity contribution in [2.24, 2.45) is 5.92 Å². The maximum absolute atomic E-state index is 12.6. The lowest BCUT2D eigenvalue weighted by atomic mass is 10.0. The number of rotatable bonds is 3. The first-order valence-corrected chi connectivity index (χ1v) is 8.45. The highest BCUT2D eigenvalue weighted by Crippen LogP contribution is 2.25. The summed E-state index contributed by atoms with van der Waals surface area (Å²) in [5.41, 5.74) is 1.08. The van der Waals surface area contributed by atoms with E-state index >= 15 is 0 Å². The Balaban J connectivity index is 2.26. The smallest absolute Gasteiger partial charge is 0.207 e. The summed E-state index contributed by atoms with van der Waals surface area (Å²) in [6.45, 7) is 7.64. The molecule has 1 aromatic rings. The van der Waals surface area contributed by atoms with Crippen LogP contribution < -0.4 is 0 Å². The van der Waals surface area contributed by atoms with E-state index in [9.17, 15) is 8.42 Å². The summed E-state index contributed by atoms with van der Waals surface area (Å²) in [5, 5.41) is 0. The van der Waals surface area contributed by atoms with E-state index in [0.29, 0.717) is 29.8 Å². The van der Waals surface area contributed by atoms with Crippen molar-refractivity contribution in [3.05, 3.63) is 29.8 Å². The lowest BCUT2D eigenvalue weighted by molar-refractivity contribution is 0.288. The van der Waals surface area contributed by atoms with E-state index in [4.69, 9.17) is 0 Å². The van der Waals surface area contributed by atoms with E-state index in [1.807, 2.05) is 18.2 Å². The number of piperidine rings is 1. The zero-order valence-corrected chi connectivity index (χ0v) is 12.8. The molecule has 1 heterocycles. The minimum absolute atomic E-state index is 0.344. The fourth-order valence-electron chi connectivity index (χ4n) is 2.41. The molecule has 1 aliphatic heterocycles. The summed E-state index contributed by atoms with van der Waals surface area (Å²) in [6.07, 6.45) is 1.92. The number of hydrogen-bond acceptors (Lipinski definition) is 2. The van der Waals surface area contributed by atoms with Gasteiger partial charge in [0.2, 0.25) is 10.0 Å². The van der Waals surface area contributed by atoms with Gasteiger partial charge < -0.3 is 0 Å². The van der Waals surface area contributed by atoms with Crippen LogP contribution >= 0.6 is 0 Å². The van der Waals surface area contributed by atoms with Gasteiger partial charge in [0.05, 0.1) is 4.90 Å². The molecule has 3 nitrogen and oxygen atoms in total. The van der Waals surface area contributed by atoms with Crippen molar-refractivity contribution in [3.63, 3.8) is 0 Å². The number of benzene rings is 1. The molecule has 0 atom stereocenters. The first kappa shape index (κ1) is 14.5. The number of hydrogen-bond donors (Lipinski definition) is 0. The number of nitrogens with zero attached hydrogens (tertiary/aromatic N) is 1. The molecule has 2 rings (SSSR count). The molecular weight excluding hydrogens is 258 g/mol. The molecule has 4 heteroatoms. The average Bonchev–Trinajstić information content (AvgIpc) is 2.39. The maximum atomic E-state index is 12.6. The molecule has 0 spiro atoms. The van der Waals surface area contributed by atoms with Gasteiger partial charge in [-0.2, -0.15) is 4.31 Å². The zero-order chi connectivity index (χ0) is 14.0. The van der Waals surface area contributed by atoms with Crippen LogP contribution in [-0.2, 0) is 10.0 Å². The first-order chi connectivity index (χ1) is 8.91. The van der Waals surface area contributed by atoms with Crippen LogP contribution in [0.25, 0.3) is 0 Å². The van der Waals surface area contributed by atoms with Gasteiger partial charge in [-0.25, -0.2) is 8.42 Å². The molecule has 1 aromatic carbocycles. The van der Waals surface area contributed by atoms with E-state index in [-0.39, 0.29) is 0 Å². The predicted octanol–water partition coefficient (Wildman–Crippen LogP) is 3.23. The highest BCUT2D eigenvalue weighted by Gasteiger charge is 2.28. The number of sulfonamides is 1. The van der Waals surface area contributed by atoms with Crippen molar-refractivity contribution >= 4 is 10.0 Å². The third-order valence-corrected chi connectivity index (χ3v) is 5.80. The summed E-state index contributed by atoms with van der Waals surface area (Å²) < 4.78 is 26.8. The Morgan fingerprint density at radius 2 is 1.84 bits per heavy atom. The van der Waals surface area contributed by atoms with E-state index in [1.165, 1.54) is 0 Å². The van der Waals surface area contributed by atoms with Crippen molar-refractivity contribution in [2.75, 3.05) is 13.1 Å². The fourth-order valence-corrected chi connectivity index (χ4v) is 3.93. The second-order valence-corrected chi connectivity index (χ2v) is 7.75. The highest BCUT2D eigenvalue weighted by molar-refractivity contribution is 7.89. The highest BCUT2D eigenvalue weighted by atomic mass is 32.2. The van der Waals surface area contributed by atoms with Crippen LogP contribution in [0.3, 0.4) is 0 Å². The summed E-state index contributed by atoms with van der Waals surface area (Å²) in [4.78, 5) is 0.438. The molecule has 0 aliphatic carbocycles. The molecule has 19 heavy (non-hydrogen) atoms. The van der Waals surface area contributed by atoms with Gasteiger partial charge in [0, 0.05) is 13.1 Å². The second kappa shape index (κ2) is 5.63. The first-order valence-electron chi connectivity index (χ1n) is 7.01. The van der Waals surface area contributed by atoms with Crippen molar-refractivity contribution in [1.82, 2.24) is 4.31 Å². The minimum Gasteiger partial charge on any atom is -0.207 e. The second-order valence-electron chi connectivity index (χ2n) is 5.81. The molecule has 0 N–H and O–H groups in total. The van der Waals surface area contributed by atoms with Crippen LogP contribution in [0.5, 0.6) is 0 Å². The zero-order valence-electron chi connectivity index (χ0n) is 12.0. The van der Waals surface area contributed by atoms with E-state index in [0.717, 1.165) is 18.4 Å². The van der Waals surface area contributed by atoms with Crippen LogP contribution in [0.2, 0.25) is 0 Å². The molecule has 106 valence electrons. The van der Waals surface area contributed by atoms with Gasteiger partial charge in [0.1, 0.15) is 0 Å². The van der Waals surface area contributed by atoms with Gasteiger partial charge in [-0.1, -0.05) is 32.9 Å². The normalized spacial score (nSPS) is 18.9.